The Kier molecular flexibility index (Phi) is 8.90. The van der Waals surface area contributed by atoms with Crippen LogP contribution in [0, 0.1) is 13.8 Å². The molecule has 1 N–H and O–H groups in total. The third-order valence-electron chi connectivity index (χ3n) is 5.08. The van der Waals surface area contributed by atoms with Crippen LogP contribution in [0.5, 0.6) is 5.75 Å². The zero-order valence-electron chi connectivity index (χ0n) is 18.8. The average Bonchev–Trinajstić information content (AvgIpc) is 2.71. The molecule has 30 heavy (non-hydrogen) atoms. The first-order valence-electron chi connectivity index (χ1n) is 10.6. The van der Waals surface area contributed by atoms with Gasteiger partial charge in [0.15, 0.2) is 0 Å². The monoisotopic (exact) mass is 410 g/mol. The van der Waals surface area contributed by atoms with Crippen LogP contribution in [-0.2, 0) is 22.6 Å². The second-order valence-electron chi connectivity index (χ2n) is 7.76. The number of amides is 2. The third kappa shape index (κ3) is 6.61. The van der Waals surface area contributed by atoms with Crippen LogP contribution in [0.1, 0.15) is 48.9 Å². The van der Waals surface area contributed by atoms with Crippen molar-refractivity contribution in [2.24, 2.45) is 0 Å². The Morgan fingerprint density at radius 1 is 1.00 bits per heavy atom. The number of methoxy groups -OCH3 is 1. The second kappa shape index (κ2) is 11.4. The lowest BCUT2D eigenvalue weighted by atomic mass is 10.0. The largest absolute Gasteiger partial charge is 0.497 e. The molecule has 0 radical (unpaired) electrons. The Balaban J connectivity index is 2.29. The zero-order chi connectivity index (χ0) is 22.1. The maximum atomic E-state index is 13.4. The minimum Gasteiger partial charge on any atom is -0.497 e. The first kappa shape index (κ1) is 23.5. The molecule has 5 heteroatoms. The molecule has 0 aliphatic heterocycles. The van der Waals surface area contributed by atoms with E-state index in [2.05, 4.69) is 11.4 Å². The van der Waals surface area contributed by atoms with Crippen molar-refractivity contribution in [3.63, 3.8) is 0 Å². The van der Waals surface area contributed by atoms with Crippen LogP contribution in [0.15, 0.2) is 42.5 Å². The van der Waals surface area contributed by atoms with Gasteiger partial charge in [0, 0.05) is 13.1 Å². The minimum absolute atomic E-state index is 0.0469. The predicted molar refractivity (Wildman–Crippen MR) is 121 cm³/mol. The number of aryl methyl sites for hydroxylation is 2. The molecule has 0 unspecified atom stereocenters. The summed E-state index contributed by atoms with van der Waals surface area (Å²) in [6, 6.07) is 13.3. The van der Waals surface area contributed by atoms with Crippen LogP contribution < -0.4 is 10.1 Å². The van der Waals surface area contributed by atoms with Crippen LogP contribution >= 0.6 is 0 Å². The van der Waals surface area contributed by atoms with E-state index in [0.29, 0.717) is 19.5 Å². The molecule has 0 spiro atoms. The summed E-state index contributed by atoms with van der Waals surface area (Å²) in [6.45, 7) is 9.01. The maximum absolute atomic E-state index is 13.4. The Morgan fingerprint density at radius 3 is 2.17 bits per heavy atom. The molecule has 0 aromatic heterocycles. The van der Waals surface area contributed by atoms with Crippen molar-refractivity contribution in [3.8, 4) is 5.75 Å². The van der Waals surface area contributed by atoms with E-state index in [9.17, 15) is 9.59 Å². The first-order valence-corrected chi connectivity index (χ1v) is 10.6. The summed E-state index contributed by atoms with van der Waals surface area (Å²) in [5.41, 5.74) is 4.20. The number of hydrogen-bond donors (Lipinski definition) is 1. The van der Waals surface area contributed by atoms with Gasteiger partial charge in [-0.15, -0.1) is 0 Å². The molecular formula is C25H34N2O3. The Morgan fingerprint density at radius 2 is 1.63 bits per heavy atom. The number of carbonyl (C=O) groups excluding carboxylic acids is 2. The van der Waals surface area contributed by atoms with Crippen molar-refractivity contribution in [1.82, 2.24) is 10.2 Å². The predicted octanol–water partition coefficient (Wildman–Crippen LogP) is 4.19. The van der Waals surface area contributed by atoms with Crippen LogP contribution in [-0.4, -0.2) is 36.4 Å². The van der Waals surface area contributed by atoms with E-state index in [0.717, 1.165) is 34.4 Å². The summed E-state index contributed by atoms with van der Waals surface area (Å²) in [7, 11) is 1.62. The van der Waals surface area contributed by atoms with Gasteiger partial charge in [0.2, 0.25) is 11.8 Å². The van der Waals surface area contributed by atoms with Gasteiger partial charge in [0.05, 0.1) is 13.5 Å². The fourth-order valence-corrected chi connectivity index (χ4v) is 3.66. The molecule has 162 valence electrons. The summed E-state index contributed by atoms with van der Waals surface area (Å²) in [5.74, 6) is 0.621. The zero-order valence-corrected chi connectivity index (χ0v) is 18.8. The normalized spacial score (nSPS) is 11.6. The lowest BCUT2D eigenvalue weighted by molar-refractivity contribution is -0.140. The fraction of sp³-hybridized carbons (Fsp3) is 0.440. The first-order chi connectivity index (χ1) is 14.4. The van der Waals surface area contributed by atoms with E-state index < -0.39 is 6.04 Å². The SMILES string of the molecule is CCCNC(=O)[C@@H](CC)N(Cc1ccc(OC)cc1)C(=O)Cc1cc(C)cc(C)c1. The molecule has 0 heterocycles. The Bertz CT molecular complexity index is 826. The molecule has 2 amide bonds. The second-order valence-corrected chi connectivity index (χ2v) is 7.76. The number of nitrogens with one attached hydrogen (secondary N) is 1. The highest BCUT2D eigenvalue weighted by atomic mass is 16.5. The molecular weight excluding hydrogens is 376 g/mol. The number of nitrogens with zero attached hydrogens (tertiary/aromatic N) is 1. The fourth-order valence-electron chi connectivity index (χ4n) is 3.66. The Hall–Kier alpha value is -2.82. The van der Waals surface area contributed by atoms with E-state index in [1.54, 1.807) is 12.0 Å². The summed E-state index contributed by atoms with van der Waals surface area (Å²) in [4.78, 5) is 27.9. The van der Waals surface area contributed by atoms with Crippen molar-refractivity contribution in [2.45, 2.75) is 59.5 Å². The molecule has 2 aromatic rings. The molecule has 0 fully saturated rings. The number of carbonyl (C=O) groups is 2. The van der Waals surface area contributed by atoms with E-state index >= 15 is 0 Å². The minimum atomic E-state index is -0.503. The lowest BCUT2D eigenvalue weighted by Gasteiger charge is -2.31. The molecule has 0 saturated heterocycles. The lowest BCUT2D eigenvalue weighted by Crippen LogP contribution is -2.49. The highest BCUT2D eigenvalue weighted by Gasteiger charge is 2.28. The van der Waals surface area contributed by atoms with Gasteiger partial charge in [-0.2, -0.15) is 0 Å². The number of rotatable bonds is 10. The highest BCUT2D eigenvalue weighted by Crippen LogP contribution is 2.18. The number of benzene rings is 2. The van der Waals surface area contributed by atoms with E-state index in [4.69, 9.17) is 4.74 Å². The van der Waals surface area contributed by atoms with Gasteiger partial charge in [-0.1, -0.05) is 55.3 Å². The van der Waals surface area contributed by atoms with Gasteiger partial charge >= 0.3 is 0 Å². The van der Waals surface area contributed by atoms with E-state index in [1.165, 1.54) is 0 Å². The van der Waals surface area contributed by atoms with Gasteiger partial charge in [0.25, 0.3) is 0 Å². The van der Waals surface area contributed by atoms with Crippen LogP contribution in [0.2, 0.25) is 0 Å². The quantitative estimate of drug-likeness (QED) is 0.639. The van der Waals surface area contributed by atoms with Crippen LogP contribution in [0.25, 0.3) is 0 Å². The van der Waals surface area contributed by atoms with Gasteiger partial charge in [-0.3, -0.25) is 9.59 Å². The van der Waals surface area contributed by atoms with Crippen molar-refractivity contribution < 1.29 is 14.3 Å². The van der Waals surface area contributed by atoms with Gasteiger partial charge < -0.3 is 15.0 Å². The standard InChI is InChI=1S/C25H34N2O3/c1-6-12-26-25(29)23(7-2)27(17-20-8-10-22(30-5)11-9-20)24(28)16-21-14-18(3)13-19(4)15-21/h8-11,13-15,23H,6-7,12,16-17H2,1-5H3,(H,26,29)/t23-/m1/s1. The summed E-state index contributed by atoms with van der Waals surface area (Å²) >= 11 is 0. The van der Waals surface area contributed by atoms with Crippen LogP contribution in [0.3, 0.4) is 0 Å². The van der Waals surface area contributed by atoms with Crippen molar-refractivity contribution >= 4 is 11.8 Å². The topological polar surface area (TPSA) is 58.6 Å². The molecule has 1 atom stereocenters. The molecule has 0 bridgehead atoms. The van der Waals surface area contributed by atoms with Gasteiger partial charge in [0.1, 0.15) is 11.8 Å². The molecule has 0 aliphatic carbocycles. The number of hydrogen-bond acceptors (Lipinski definition) is 3. The van der Waals surface area contributed by atoms with Gasteiger partial charge in [-0.25, -0.2) is 0 Å². The Labute approximate surface area is 180 Å². The summed E-state index contributed by atoms with van der Waals surface area (Å²) < 4.78 is 5.23. The van der Waals surface area contributed by atoms with Crippen molar-refractivity contribution in [2.75, 3.05) is 13.7 Å². The maximum Gasteiger partial charge on any atom is 0.242 e. The molecule has 0 saturated carbocycles. The number of ether oxygens (including phenoxy) is 1. The van der Waals surface area contributed by atoms with Gasteiger partial charge in [-0.05, 0) is 49.9 Å². The molecule has 0 aliphatic rings. The van der Waals surface area contributed by atoms with Crippen molar-refractivity contribution in [3.05, 3.63) is 64.7 Å². The smallest absolute Gasteiger partial charge is 0.242 e. The van der Waals surface area contributed by atoms with Crippen molar-refractivity contribution in [1.29, 1.82) is 0 Å². The average molecular weight is 411 g/mol. The third-order valence-corrected chi connectivity index (χ3v) is 5.08. The summed E-state index contributed by atoms with van der Waals surface area (Å²) in [5, 5.41) is 2.95. The molecule has 2 aromatic carbocycles. The van der Waals surface area contributed by atoms with E-state index in [-0.39, 0.29) is 18.2 Å². The van der Waals surface area contributed by atoms with Crippen LogP contribution in [0.4, 0.5) is 0 Å². The molecule has 2 rings (SSSR count). The highest BCUT2D eigenvalue weighted by molar-refractivity contribution is 5.88. The summed E-state index contributed by atoms with van der Waals surface area (Å²) in [6.07, 6.45) is 1.69. The molecule has 5 nitrogen and oxygen atoms in total. The van der Waals surface area contributed by atoms with E-state index in [1.807, 2.05) is 64.1 Å².